The molecular formula is C10H11N3. The third-order valence-electron chi connectivity index (χ3n) is 1.97. The van der Waals surface area contributed by atoms with Crippen LogP contribution in [0.4, 0.5) is 0 Å². The Morgan fingerprint density at radius 1 is 1.31 bits per heavy atom. The summed E-state index contributed by atoms with van der Waals surface area (Å²) in [6.45, 7) is 2.02. The first-order valence-electron chi connectivity index (χ1n) is 4.30. The molecule has 0 saturated heterocycles. The maximum Gasteiger partial charge on any atom is 0.113 e. The third kappa shape index (κ3) is 1.59. The Kier molecular flexibility index (Phi) is 2.08. The molecule has 0 spiro atoms. The minimum absolute atomic E-state index is 0.921. The molecule has 3 heteroatoms. The molecule has 0 fully saturated rings. The van der Waals surface area contributed by atoms with E-state index in [0.717, 1.165) is 17.5 Å². The summed E-state index contributed by atoms with van der Waals surface area (Å²) in [7, 11) is 0. The van der Waals surface area contributed by atoms with Gasteiger partial charge in [0.05, 0.1) is 0 Å². The van der Waals surface area contributed by atoms with E-state index in [4.69, 9.17) is 0 Å². The number of aromatic amines is 1. The van der Waals surface area contributed by atoms with E-state index in [2.05, 4.69) is 33.6 Å². The molecule has 0 atom stereocenters. The molecule has 0 aliphatic rings. The van der Waals surface area contributed by atoms with Crippen molar-refractivity contribution in [2.45, 2.75) is 13.3 Å². The van der Waals surface area contributed by atoms with Crippen LogP contribution in [0.3, 0.4) is 0 Å². The van der Waals surface area contributed by atoms with Gasteiger partial charge in [0.25, 0.3) is 0 Å². The highest BCUT2D eigenvalue weighted by Crippen LogP contribution is 2.11. The van der Waals surface area contributed by atoms with Gasteiger partial charge < -0.3 is 0 Å². The lowest BCUT2D eigenvalue weighted by atomic mass is 10.1. The lowest BCUT2D eigenvalue weighted by molar-refractivity contribution is 0.959. The second-order valence-electron chi connectivity index (χ2n) is 2.92. The Morgan fingerprint density at radius 2 is 2.15 bits per heavy atom. The van der Waals surface area contributed by atoms with Crippen molar-refractivity contribution >= 4 is 11.0 Å². The summed E-state index contributed by atoms with van der Waals surface area (Å²) in [5.41, 5.74) is 3.12. The van der Waals surface area contributed by atoms with Crippen LogP contribution in [0.25, 0.3) is 11.0 Å². The number of nitrogens with one attached hydrogen (secondary N) is 1. The van der Waals surface area contributed by atoms with E-state index < -0.39 is 0 Å². The van der Waals surface area contributed by atoms with Gasteiger partial charge in [-0.05, 0) is 31.0 Å². The lowest BCUT2D eigenvalue weighted by Crippen LogP contribution is -1.80. The number of hydrogen-bond acceptors (Lipinski definition) is 2. The monoisotopic (exact) mass is 173 g/mol. The number of fused-ring (bicyclic) bond motifs is 1. The van der Waals surface area contributed by atoms with E-state index >= 15 is 0 Å². The fourth-order valence-corrected chi connectivity index (χ4v) is 1.27. The van der Waals surface area contributed by atoms with Crippen molar-refractivity contribution in [1.82, 2.24) is 15.4 Å². The van der Waals surface area contributed by atoms with Gasteiger partial charge in [0.1, 0.15) is 11.0 Å². The molecule has 2 aromatic rings. The van der Waals surface area contributed by atoms with Crippen LogP contribution in [0, 0.1) is 0 Å². The molecule has 3 nitrogen and oxygen atoms in total. The van der Waals surface area contributed by atoms with E-state index in [1.165, 1.54) is 5.56 Å². The number of rotatable bonds is 2. The number of aromatic nitrogens is 3. The Bertz CT molecular complexity index is 428. The molecule has 0 aliphatic heterocycles. The number of benzene rings is 1. The maximum absolute atomic E-state index is 4.03. The maximum atomic E-state index is 4.03. The summed E-state index contributed by atoms with van der Waals surface area (Å²) in [6, 6.07) is 6.11. The number of allylic oxidation sites excluding steroid dienone is 2. The van der Waals surface area contributed by atoms with Gasteiger partial charge >= 0.3 is 0 Å². The molecule has 2 rings (SSSR count). The van der Waals surface area contributed by atoms with Crippen LogP contribution in [0.15, 0.2) is 30.4 Å². The normalized spacial score (nSPS) is 11.5. The van der Waals surface area contributed by atoms with E-state index in [9.17, 15) is 0 Å². The Morgan fingerprint density at radius 3 is 3.00 bits per heavy atom. The van der Waals surface area contributed by atoms with Gasteiger partial charge in [0, 0.05) is 0 Å². The van der Waals surface area contributed by atoms with Crippen LogP contribution >= 0.6 is 0 Å². The fourth-order valence-electron chi connectivity index (χ4n) is 1.27. The van der Waals surface area contributed by atoms with Crippen LogP contribution in [0.5, 0.6) is 0 Å². The Balaban J connectivity index is 2.36. The quantitative estimate of drug-likeness (QED) is 0.706. The highest BCUT2D eigenvalue weighted by molar-refractivity contribution is 5.74. The number of hydrogen-bond donors (Lipinski definition) is 1. The molecule has 0 unspecified atom stereocenters. The van der Waals surface area contributed by atoms with Crippen molar-refractivity contribution in [3.8, 4) is 0 Å². The van der Waals surface area contributed by atoms with Gasteiger partial charge in [-0.1, -0.05) is 18.2 Å². The molecule has 1 aromatic heterocycles. The predicted octanol–water partition coefficient (Wildman–Crippen LogP) is 2.08. The molecule has 0 saturated carbocycles. The molecule has 13 heavy (non-hydrogen) atoms. The fraction of sp³-hybridized carbons (Fsp3) is 0.200. The summed E-state index contributed by atoms with van der Waals surface area (Å²) in [5, 5.41) is 10.6. The van der Waals surface area contributed by atoms with Crippen molar-refractivity contribution in [3.63, 3.8) is 0 Å². The van der Waals surface area contributed by atoms with Crippen LogP contribution in [-0.4, -0.2) is 15.4 Å². The first-order valence-corrected chi connectivity index (χ1v) is 4.30. The minimum atomic E-state index is 0.921. The molecule has 0 amide bonds. The zero-order chi connectivity index (χ0) is 9.10. The van der Waals surface area contributed by atoms with Crippen molar-refractivity contribution in [2.75, 3.05) is 0 Å². The predicted molar refractivity (Wildman–Crippen MR) is 52.4 cm³/mol. The molecule has 1 N–H and O–H groups in total. The molecule has 0 aliphatic carbocycles. The van der Waals surface area contributed by atoms with Crippen molar-refractivity contribution in [2.24, 2.45) is 0 Å². The first kappa shape index (κ1) is 7.98. The summed E-state index contributed by atoms with van der Waals surface area (Å²) in [5.74, 6) is 0. The van der Waals surface area contributed by atoms with Crippen molar-refractivity contribution < 1.29 is 0 Å². The van der Waals surface area contributed by atoms with E-state index in [-0.39, 0.29) is 0 Å². The number of H-pyrrole nitrogens is 1. The molecule has 1 aromatic carbocycles. The van der Waals surface area contributed by atoms with E-state index in [0.29, 0.717) is 0 Å². The van der Waals surface area contributed by atoms with E-state index in [1.807, 2.05) is 19.1 Å². The first-order chi connectivity index (χ1) is 6.40. The van der Waals surface area contributed by atoms with Crippen LogP contribution in [0.1, 0.15) is 12.5 Å². The second-order valence-corrected chi connectivity index (χ2v) is 2.92. The Hall–Kier alpha value is -1.64. The highest BCUT2D eigenvalue weighted by atomic mass is 15.3. The average Bonchev–Trinajstić information content (AvgIpc) is 2.61. The number of nitrogens with zero attached hydrogens (tertiary/aromatic N) is 2. The largest absolute Gasteiger partial charge is 0.197 e. The zero-order valence-corrected chi connectivity index (χ0v) is 7.49. The Labute approximate surface area is 76.5 Å². The summed E-state index contributed by atoms with van der Waals surface area (Å²) < 4.78 is 0. The van der Waals surface area contributed by atoms with Gasteiger partial charge in [0.2, 0.25) is 0 Å². The van der Waals surface area contributed by atoms with Crippen molar-refractivity contribution in [1.29, 1.82) is 0 Å². The zero-order valence-electron chi connectivity index (χ0n) is 7.49. The lowest BCUT2D eigenvalue weighted by Gasteiger charge is -1.94. The standard InChI is InChI=1S/C10H11N3/c1-2-3-4-8-5-6-9-10(7-8)12-13-11-9/h2-3,5-7H,4H2,1H3,(H,11,12,13)/b3-2+. The smallest absolute Gasteiger partial charge is 0.113 e. The minimum Gasteiger partial charge on any atom is -0.197 e. The van der Waals surface area contributed by atoms with Gasteiger partial charge in [-0.25, -0.2) is 0 Å². The van der Waals surface area contributed by atoms with Gasteiger partial charge in [0.15, 0.2) is 0 Å². The molecule has 1 heterocycles. The summed E-state index contributed by atoms with van der Waals surface area (Å²) >= 11 is 0. The van der Waals surface area contributed by atoms with Crippen LogP contribution < -0.4 is 0 Å². The third-order valence-corrected chi connectivity index (χ3v) is 1.97. The van der Waals surface area contributed by atoms with Gasteiger partial charge in [-0.3, -0.25) is 0 Å². The van der Waals surface area contributed by atoms with Crippen molar-refractivity contribution in [3.05, 3.63) is 35.9 Å². The summed E-state index contributed by atoms with van der Waals surface area (Å²) in [6.07, 6.45) is 5.13. The SMILES string of the molecule is C/C=C/Cc1ccc2n[nH]nc2c1. The molecule has 0 radical (unpaired) electrons. The highest BCUT2D eigenvalue weighted by Gasteiger charge is 1.97. The second kappa shape index (κ2) is 3.39. The van der Waals surface area contributed by atoms with Gasteiger partial charge in [-0.2, -0.15) is 15.4 Å². The average molecular weight is 173 g/mol. The van der Waals surface area contributed by atoms with Gasteiger partial charge in [-0.15, -0.1) is 0 Å². The molecular weight excluding hydrogens is 162 g/mol. The molecule has 66 valence electrons. The molecule has 0 bridgehead atoms. The topological polar surface area (TPSA) is 41.6 Å². The van der Waals surface area contributed by atoms with Crippen LogP contribution in [-0.2, 0) is 6.42 Å². The van der Waals surface area contributed by atoms with E-state index in [1.54, 1.807) is 0 Å². The summed E-state index contributed by atoms with van der Waals surface area (Å²) in [4.78, 5) is 0. The van der Waals surface area contributed by atoms with Crippen LogP contribution in [0.2, 0.25) is 0 Å².